The third kappa shape index (κ3) is 10.3. The van der Waals surface area contributed by atoms with Crippen LogP contribution in [0.5, 0.6) is 0 Å². The molecule has 0 amide bonds. The number of halogens is 7. The molecule has 2 atom stereocenters. The summed E-state index contributed by atoms with van der Waals surface area (Å²) in [6.45, 7) is 0.0248. The highest BCUT2D eigenvalue weighted by atomic mass is 32.2. The minimum absolute atomic E-state index is 0.139. The largest absolute Gasteiger partial charge is 0.347 e. The van der Waals surface area contributed by atoms with Crippen molar-refractivity contribution < 1.29 is 40.3 Å². The van der Waals surface area contributed by atoms with E-state index in [0.717, 1.165) is 0 Å². The van der Waals surface area contributed by atoms with Gasteiger partial charge in [-0.1, -0.05) is 0 Å². The zero-order valence-electron chi connectivity index (χ0n) is 11.6. The van der Waals surface area contributed by atoms with E-state index in [1.807, 2.05) is 0 Å². The van der Waals surface area contributed by atoms with Crippen LogP contribution in [0.2, 0.25) is 0 Å². The van der Waals surface area contributed by atoms with E-state index >= 15 is 0 Å². The summed E-state index contributed by atoms with van der Waals surface area (Å²) < 4.78 is 88.2. The van der Waals surface area contributed by atoms with Gasteiger partial charge in [0.05, 0.1) is 6.92 Å². The summed E-state index contributed by atoms with van der Waals surface area (Å²) in [7, 11) is 0. The molecule has 0 aromatic heterocycles. The van der Waals surface area contributed by atoms with Gasteiger partial charge in [0.1, 0.15) is 0 Å². The number of carbonyl (C=O) groups excluding carboxylic acids is 2. The lowest BCUT2D eigenvalue weighted by Gasteiger charge is -2.26. The third-order valence-electron chi connectivity index (χ3n) is 1.99. The van der Waals surface area contributed by atoms with Gasteiger partial charge in [0.15, 0.2) is 11.8 Å². The molecule has 0 aliphatic rings. The Morgan fingerprint density at radius 2 is 1.50 bits per heavy atom. The molecule has 0 saturated heterocycles. The molecular weight excluding hydrogens is 361 g/mol. The van der Waals surface area contributed by atoms with Crippen molar-refractivity contribution in [3.05, 3.63) is 0 Å². The van der Waals surface area contributed by atoms with Crippen LogP contribution >= 0.6 is 24.4 Å². The van der Waals surface area contributed by atoms with E-state index in [1.165, 1.54) is 13.8 Å². The molecule has 132 valence electrons. The van der Waals surface area contributed by atoms with Crippen LogP contribution in [0.3, 0.4) is 0 Å². The molecule has 0 saturated carbocycles. The molecule has 2 nitrogen and oxygen atoms in total. The lowest BCUT2D eigenvalue weighted by Crippen LogP contribution is -2.47. The Balaban J connectivity index is 0. The van der Waals surface area contributed by atoms with Crippen LogP contribution in [0, 0.1) is 0 Å². The molecule has 0 radical (unpaired) electrons. The van der Waals surface area contributed by atoms with Crippen molar-refractivity contribution in [3.63, 3.8) is 0 Å². The van der Waals surface area contributed by atoms with Crippen molar-refractivity contribution in [2.45, 2.75) is 44.5 Å². The Morgan fingerprint density at radius 1 is 1.14 bits per heavy atom. The Labute approximate surface area is 132 Å². The van der Waals surface area contributed by atoms with Crippen LogP contribution in [-0.2, 0) is 4.79 Å². The van der Waals surface area contributed by atoms with Crippen LogP contribution in [0.25, 0.3) is 0 Å². The number of hydrogen-bond donors (Lipinski definition) is 1. The number of thioether (sulfide) groups is 1. The molecule has 0 aliphatic heterocycles. The average Bonchev–Trinajstić information content (AvgIpc) is 2.35. The summed E-state index contributed by atoms with van der Waals surface area (Å²) in [5.41, 5.74) is 0. The van der Waals surface area contributed by atoms with Gasteiger partial charge in [0, 0.05) is 19.1 Å². The van der Waals surface area contributed by atoms with Gasteiger partial charge >= 0.3 is 11.0 Å². The maximum absolute atomic E-state index is 13.0. The van der Waals surface area contributed by atoms with E-state index in [9.17, 15) is 35.5 Å². The van der Waals surface area contributed by atoms with E-state index in [4.69, 9.17) is 4.79 Å². The highest BCUT2D eigenvalue weighted by Gasteiger charge is 2.55. The molecule has 0 aromatic rings. The van der Waals surface area contributed by atoms with E-state index < -0.39 is 43.0 Å². The van der Waals surface area contributed by atoms with E-state index in [-0.39, 0.29) is 10.2 Å². The summed E-state index contributed by atoms with van der Waals surface area (Å²) in [5, 5.41) is -0.410. The Morgan fingerprint density at radius 3 is 1.82 bits per heavy atom. The van der Waals surface area contributed by atoms with Crippen molar-refractivity contribution >= 4 is 34.6 Å². The van der Waals surface area contributed by atoms with Gasteiger partial charge in [-0.3, -0.25) is 9.59 Å². The molecule has 0 aromatic carbocycles. The number of hydrogen-bond acceptors (Lipinski definition) is 2. The fraction of sp³-hybridized carbons (Fsp3) is 0.818. The van der Waals surface area contributed by atoms with Crippen molar-refractivity contribution in [1.29, 1.82) is 0 Å². The monoisotopic (exact) mass is 377 g/mol. The molecule has 0 spiro atoms. The fourth-order valence-corrected chi connectivity index (χ4v) is 1.64. The maximum Gasteiger partial charge on any atom is 0.347 e. The van der Waals surface area contributed by atoms with Gasteiger partial charge in [0.2, 0.25) is 12.3 Å². The average molecular weight is 377 g/mol. The van der Waals surface area contributed by atoms with Gasteiger partial charge in [0.25, 0.3) is 5.92 Å². The van der Waals surface area contributed by atoms with Crippen molar-refractivity contribution in [2.24, 2.45) is 0 Å². The number of carbonyl (C=O) groups is 1. The van der Waals surface area contributed by atoms with Crippen molar-refractivity contribution in [2.75, 3.05) is 12.4 Å². The molecule has 0 fully saturated rings. The zero-order chi connectivity index (χ0) is 18.1. The van der Waals surface area contributed by atoms with Gasteiger partial charge in [-0.15, -0.1) is 12.6 Å². The van der Waals surface area contributed by atoms with E-state index in [0.29, 0.717) is 11.8 Å². The molecule has 0 bridgehead atoms. The second-order valence-corrected chi connectivity index (χ2v) is 6.01. The second-order valence-electron chi connectivity index (χ2n) is 4.10. The van der Waals surface area contributed by atoms with Crippen LogP contribution < -0.4 is 0 Å². The lowest BCUT2D eigenvalue weighted by molar-refractivity contribution is -0.171. The quantitative estimate of drug-likeness (QED) is 0.414. The lowest BCUT2D eigenvalue weighted by atomic mass is 10.0. The van der Waals surface area contributed by atoms with Crippen molar-refractivity contribution in [3.8, 4) is 0 Å². The highest BCUT2D eigenvalue weighted by Crippen LogP contribution is 2.36. The molecule has 0 aliphatic carbocycles. The molecule has 22 heavy (non-hydrogen) atoms. The highest BCUT2D eigenvalue weighted by molar-refractivity contribution is 8.13. The summed E-state index contributed by atoms with van der Waals surface area (Å²) in [6.07, 6.45) is -8.97. The Hall–Kier alpha value is -0.450. The molecule has 1 N–H and O–H groups in total. The van der Waals surface area contributed by atoms with E-state index in [1.54, 1.807) is 0 Å². The van der Waals surface area contributed by atoms with Gasteiger partial charge in [-0.05, 0) is 11.8 Å². The SMILES string of the molecule is CC(=O)S.CC(=[OH+])SCCC(F)(F)C(F)C(F)C(F)(F)CF. The topological polar surface area (TPSA) is 38.5 Å². The first kappa shape index (κ1) is 23.8. The van der Waals surface area contributed by atoms with Gasteiger partial charge in [-0.25, -0.2) is 30.7 Å². The maximum atomic E-state index is 13.0. The second kappa shape index (κ2) is 10.3. The number of alkyl halides is 7. The number of thiol groups is 1. The first-order valence-corrected chi connectivity index (χ1v) is 7.15. The fourth-order valence-electron chi connectivity index (χ4n) is 0.975. The molecule has 0 heterocycles. The minimum Gasteiger partial charge on any atom is -0.288 e. The van der Waals surface area contributed by atoms with Crippen LogP contribution in [0.15, 0.2) is 0 Å². The first-order chi connectivity index (χ1) is 9.77. The van der Waals surface area contributed by atoms with Crippen LogP contribution in [-0.4, -0.2) is 51.6 Å². The molecule has 11 heteroatoms. The van der Waals surface area contributed by atoms with Crippen LogP contribution in [0.4, 0.5) is 30.7 Å². The normalized spacial score (nSPS) is 14.6. The standard InChI is InChI=1S/C9H11F7OS.C2H4OS/c1-5(17)18-3-2-8(13,14)6(11)7(12)9(15,16)4-10;1-2(3)4/h6-7H,2-4H2,1H3;1H3,(H,3,4)/p+1. The first-order valence-electron chi connectivity index (χ1n) is 5.72. The van der Waals surface area contributed by atoms with Gasteiger partial charge in [-0.2, -0.15) is 0 Å². The summed E-state index contributed by atoms with van der Waals surface area (Å²) >= 11 is 3.87. The third-order valence-corrected chi connectivity index (χ3v) is 2.81. The molecule has 2 unspecified atom stereocenters. The molecular formula is C11H16F7O2S2+. The summed E-state index contributed by atoms with van der Waals surface area (Å²) in [5.74, 6) is -9.63. The smallest absolute Gasteiger partial charge is 0.288 e. The van der Waals surface area contributed by atoms with Gasteiger partial charge < -0.3 is 0 Å². The zero-order valence-corrected chi connectivity index (χ0v) is 13.3. The Bertz CT molecular complexity index is 362. The molecule has 0 rings (SSSR count). The number of rotatable bonds is 7. The minimum atomic E-state index is -4.78. The summed E-state index contributed by atoms with van der Waals surface area (Å²) in [4.78, 5) is 18.0. The summed E-state index contributed by atoms with van der Waals surface area (Å²) in [6, 6.07) is 0. The van der Waals surface area contributed by atoms with Crippen molar-refractivity contribution in [1.82, 2.24) is 0 Å². The predicted molar refractivity (Wildman–Crippen MR) is 75.0 cm³/mol. The van der Waals surface area contributed by atoms with Crippen LogP contribution in [0.1, 0.15) is 20.3 Å². The Kier molecular flexibility index (Phi) is 11.2. The predicted octanol–water partition coefficient (Wildman–Crippen LogP) is 4.01. The van der Waals surface area contributed by atoms with E-state index in [2.05, 4.69) is 12.6 Å².